The number of hydrogen-bond donors (Lipinski definition) is 1. The van der Waals surface area contributed by atoms with Gasteiger partial charge >= 0.3 is 0 Å². The number of ether oxygens (including phenoxy) is 1. The lowest BCUT2D eigenvalue weighted by molar-refractivity contribution is -0.116. The quantitative estimate of drug-likeness (QED) is 0.829. The standard InChI is InChI=1S/C19H22N2O3/c22-19(8-7-18-6-3-11-24-18)20-14-16-4-1-2-5-17(16)15-21-9-12-23-13-10-21/h1-8,11H,9-10,12-15H2,(H,20,22)/b8-7+. The smallest absolute Gasteiger partial charge is 0.244 e. The molecule has 1 aromatic carbocycles. The Bertz CT molecular complexity index is 674. The molecule has 1 aromatic heterocycles. The summed E-state index contributed by atoms with van der Waals surface area (Å²) in [5.74, 6) is 0.533. The zero-order chi connectivity index (χ0) is 16.6. The van der Waals surface area contributed by atoms with Gasteiger partial charge in [0.15, 0.2) is 0 Å². The van der Waals surface area contributed by atoms with Gasteiger partial charge in [0, 0.05) is 32.3 Å². The third kappa shape index (κ3) is 4.81. The molecular formula is C19H22N2O3. The van der Waals surface area contributed by atoms with Gasteiger partial charge in [0.1, 0.15) is 5.76 Å². The van der Waals surface area contributed by atoms with Crippen LogP contribution in [-0.2, 0) is 22.6 Å². The van der Waals surface area contributed by atoms with E-state index in [0.29, 0.717) is 12.3 Å². The summed E-state index contributed by atoms with van der Waals surface area (Å²) in [7, 11) is 0. The first-order valence-electron chi connectivity index (χ1n) is 8.17. The summed E-state index contributed by atoms with van der Waals surface area (Å²) in [6.07, 6.45) is 4.73. The van der Waals surface area contributed by atoms with Gasteiger partial charge < -0.3 is 14.5 Å². The number of nitrogens with zero attached hydrogens (tertiary/aromatic N) is 1. The minimum absolute atomic E-state index is 0.132. The molecule has 0 radical (unpaired) electrons. The van der Waals surface area contributed by atoms with Crippen LogP contribution in [0, 0.1) is 0 Å². The largest absolute Gasteiger partial charge is 0.465 e. The summed E-state index contributed by atoms with van der Waals surface area (Å²) < 4.78 is 10.6. The van der Waals surface area contributed by atoms with Crippen molar-refractivity contribution < 1.29 is 13.9 Å². The second-order valence-corrected chi connectivity index (χ2v) is 5.72. The van der Waals surface area contributed by atoms with Gasteiger partial charge in [-0.3, -0.25) is 9.69 Å². The van der Waals surface area contributed by atoms with Crippen molar-refractivity contribution >= 4 is 12.0 Å². The first kappa shape index (κ1) is 16.5. The molecule has 1 saturated heterocycles. The van der Waals surface area contributed by atoms with Gasteiger partial charge in [-0.15, -0.1) is 0 Å². The molecule has 0 bridgehead atoms. The van der Waals surface area contributed by atoms with E-state index in [9.17, 15) is 4.79 Å². The van der Waals surface area contributed by atoms with Crippen molar-refractivity contribution in [2.24, 2.45) is 0 Å². The van der Waals surface area contributed by atoms with Crippen molar-refractivity contribution in [3.63, 3.8) is 0 Å². The van der Waals surface area contributed by atoms with Gasteiger partial charge in [0.2, 0.25) is 5.91 Å². The number of carbonyl (C=O) groups excluding carboxylic acids is 1. The monoisotopic (exact) mass is 326 g/mol. The topological polar surface area (TPSA) is 54.7 Å². The highest BCUT2D eigenvalue weighted by Crippen LogP contribution is 2.13. The highest BCUT2D eigenvalue weighted by Gasteiger charge is 2.12. The number of rotatable bonds is 6. The third-order valence-electron chi connectivity index (χ3n) is 4.01. The highest BCUT2D eigenvalue weighted by molar-refractivity contribution is 5.91. The molecule has 1 aliphatic heterocycles. The van der Waals surface area contributed by atoms with E-state index in [2.05, 4.69) is 22.3 Å². The van der Waals surface area contributed by atoms with E-state index >= 15 is 0 Å². The summed E-state index contributed by atoms with van der Waals surface area (Å²) in [4.78, 5) is 14.3. The maximum Gasteiger partial charge on any atom is 0.244 e. The third-order valence-corrected chi connectivity index (χ3v) is 4.01. The van der Waals surface area contributed by atoms with Gasteiger partial charge in [-0.1, -0.05) is 24.3 Å². The first-order valence-corrected chi connectivity index (χ1v) is 8.17. The van der Waals surface area contributed by atoms with Crippen LogP contribution in [0.5, 0.6) is 0 Å². The predicted molar refractivity (Wildman–Crippen MR) is 92.1 cm³/mol. The minimum atomic E-state index is -0.132. The van der Waals surface area contributed by atoms with Crippen LogP contribution in [0.2, 0.25) is 0 Å². The number of nitrogens with one attached hydrogen (secondary N) is 1. The number of morpholine rings is 1. The molecule has 3 rings (SSSR count). The molecule has 0 unspecified atom stereocenters. The number of hydrogen-bond acceptors (Lipinski definition) is 4. The zero-order valence-corrected chi connectivity index (χ0v) is 13.6. The molecule has 24 heavy (non-hydrogen) atoms. The molecular weight excluding hydrogens is 304 g/mol. The fourth-order valence-electron chi connectivity index (χ4n) is 2.67. The van der Waals surface area contributed by atoms with E-state index in [1.807, 2.05) is 12.1 Å². The van der Waals surface area contributed by atoms with E-state index in [1.165, 1.54) is 11.6 Å². The van der Waals surface area contributed by atoms with Gasteiger partial charge in [-0.2, -0.15) is 0 Å². The molecule has 1 aliphatic rings. The normalized spacial score (nSPS) is 15.7. The summed E-state index contributed by atoms with van der Waals surface area (Å²) in [5, 5.41) is 2.93. The predicted octanol–water partition coefficient (Wildman–Crippen LogP) is 2.44. The van der Waals surface area contributed by atoms with Gasteiger partial charge in [0.05, 0.1) is 19.5 Å². The SMILES string of the molecule is O=C(/C=C/c1ccco1)NCc1ccccc1CN1CCOCC1. The first-order chi connectivity index (χ1) is 11.8. The summed E-state index contributed by atoms with van der Waals surface area (Å²) in [6.45, 7) is 4.88. The summed E-state index contributed by atoms with van der Waals surface area (Å²) in [5.41, 5.74) is 2.39. The number of benzene rings is 1. The number of amides is 1. The molecule has 1 amide bonds. The Morgan fingerprint density at radius 2 is 1.92 bits per heavy atom. The summed E-state index contributed by atoms with van der Waals surface area (Å²) in [6, 6.07) is 11.8. The molecule has 5 heteroatoms. The van der Waals surface area contributed by atoms with Crippen molar-refractivity contribution in [1.29, 1.82) is 0 Å². The molecule has 2 heterocycles. The van der Waals surface area contributed by atoms with Crippen LogP contribution >= 0.6 is 0 Å². The molecule has 0 saturated carbocycles. The Morgan fingerprint density at radius 3 is 2.67 bits per heavy atom. The number of furan rings is 1. The molecule has 1 fully saturated rings. The Balaban J connectivity index is 1.55. The summed E-state index contributed by atoms with van der Waals surface area (Å²) >= 11 is 0. The van der Waals surface area contributed by atoms with Crippen molar-refractivity contribution in [2.45, 2.75) is 13.1 Å². The second-order valence-electron chi connectivity index (χ2n) is 5.72. The van der Waals surface area contributed by atoms with E-state index in [0.717, 1.165) is 38.4 Å². The molecule has 0 spiro atoms. The van der Waals surface area contributed by atoms with Crippen LogP contribution in [-0.4, -0.2) is 37.1 Å². The Kier molecular flexibility index (Phi) is 5.82. The van der Waals surface area contributed by atoms with Gasteiger partial charge in [-0.05, 0) is 29.3 Å². The molecule has 5 nitrogen and oxygen atoms in total. The lowest BCUT2D eigenvalue weighted by atomic mass is 10.1. The van der Waals surface area contributed by atoms with Crippen LogP contribution in [0.15, 0.2) is 53.2 Å². The lowest BCUT2D eigenvalue weighted by Gasteiger charge is -2.27. The molecule has 0 atom stereocenters. The molecule has 1 N–H and O–H groups in total. The van der Waals surface area contributed by atoms with Crippen LogP contribution in [0.25, 0.3) is 6.08 Å². The van der Waals surface area contributed by atoms with E-state index in [1.54, 1.807) is 24.5 Å². The van der Waals surface area contributed by atoms with Crippen molar-refractivity contribution in [3.8, 4) is 0 Å². The van der Waals surface area contributed by atoms with Crippen LogP contribution in [0.4, 0.5) is 0 Å². The fraction of sp³-hybridized carbons (Fsp3) is 0.316. The lowest BCUT2D eigenvalue weighted by Crippen LogP contribution is -2.36. The van der Waals surface area contributed by atoms with Crippen molar-refractivity contribution in [3.05, 3.63) is 65.6 Å². The van der Waals surface area contributed by atoms with Crippen LogP contribution in [0.1, 0.15) is 16.9 Å². The highest BCUT2D eigenvalue weighted by atomic mass is 16.5. The second kappa shape index (κ2) is 8.47. The molecule has 0 aliphatic carbocycles. The number of carbonyl (C=O) groups is 1. The Morgan fingerprint density at radius 1 is 1.12 bits per heavy atom. The average Bonchev–Trinajstić information content (AvgIpc) is 3.14. The molecule has 126 valence electrons. The van der Waals surface area contributed by atoms with Gasteiger partial charge in [0.25, 0.3) is 0 Å². The minimum Gasteiger partial charge on any atom is -0.465 e. The van der Waals surface area contributed by atoms with E-state index < -0.39 is 0 Å². The van der Waals surface area contributed by atoms with E-state index in [-0.39, 0.29) is 5.91 Å². The van der Waals surface area contributed by atoms with Crippen LogP contribution < -0.4 is 5.32 Å². The van der Waals surface area contributed by atoms with Crippen molar-refractivity contribution in [2.75, 3.05) is 26.3 Å². The Hall–Kier alpha value is -2.37. The zero-order valence-electron chi connectivity index (χ0n) is 13.6. The maximum absolute atomic E-state index is 11.9. The van der Waals surface area contributed by atoms with Crippen molar-refractivity contribution in [1.82, 2.24) is 10.2 Å². The van der Waals surface area contributed by atoms with Gasteiger partial charge in [-0.25, -0.2) is 0 Å². The van der Waals surface area contributed by atoms with Crippen LogP contribution in [0.3, 0.4) is 0 Å². The molecule has 2 aromatic rings. The maximum atomic E-state index is 11.9. The Labute approximate surface area is 141 Å². The average molecular weight is 326 g/mol. The fourth-order valence-corrected chi connectivity index (χ4v) is 2.67. The van der Waals surface area contributed by atoms with E-state index in [4.69, 9.17) is 9.15 Å².